The summed E-state index contributed by atoms with van der Waals surface area (Å²) >= 11 is 0. The van der Waals surface area contributed by atoms with Crippen molar-refractivity contribution >= 4 is 87.8 Å². The standard InChI is InChI=1S/C63H92N18O13/c1-5-6-19-44(73-37(4)82)56(88)76-46(24-25-52(84)85)58(90)79-49(31-40-33-68-35-72-40)61(93)77-47(29-38-16-8-7-9-17-38)59(91)75-45(22-14-27-69-63(66)67)57(89)78-48(30-39-32-70-42-20-11-10-18-41(39)42)60(92)74-43(21-12-13-26-64)55(87)71-34-51(83)81-28-15-23-50(81)62(94)80-53(36(2)3)54(65)86/h7-11,16-18,20,32-33,35-36,43-50,53,70H,5-6,12-15,19,21-31,34,64H2,1-4H3,(H2,65,86)(H,68,72)(H,71,87)(H,73,82)(H,74,92)(H,75,91)(H,76,88)(H,77,93)(H,78,89)(H,79,90)(H,80,94)(H,84,85)(H4,66,67,69)/t43-,44-,45-,46-,47+,48-,49-,50-,53-/m0/s1. The Morgan fingerprint density at radius 2 is 1.20 bits per heavy atom. The number of unbranched alkanes of at least 4 members (excludes halogenated alkanes) is 2. The second-order valence-electron chi connectivity index (χ2n) is 23.6. The van der Waals surface area contributed by atoms with Crippen LogP contribution in [0, 0.1) is 5.92 Å². The Hall–Kier alpha value is -9.94. The molecule has 1 saturated heterocycles. The number of aliphatic imine (C=N–C) groups is 1. The molecule has 3 heterocycles. The number of likely N-dealkylation sites (tertiary alicyclic amines) is 1. The van der Waals surface area contributed by atoms with Crippen molar-refractivity contribution in [1.29, 1.82) is 0 Å². The highest BCUT2D eigenvalue weighted by atomic mass is 16.4. The zero-order valence-electron chi connectivity index (χ0n) is 53.6. The third kappa shape index (κ3) is 24.3. The number of para-hydroxylation sites is 1. The Labute approximate surface area is 544 Å². The van der Waals surface area contributed by atoms with Crippen molar-refractivity contribution in [3.05, 3.63) is 90.1 Å². The van der Waals surface area contributed by atoms with E-state index in [4.69, 9.17) is 22.9 Å². The van der Waals surface area contributed by atoms with E-state index in [9.17, 15) is 57.8 Å². The summed E-state index contributed by atoms with van der Waals surface area (Å²) in [4.78, 5) is 180. The monoisotopic (exact) mass is 1310 g/mol. The zero-order valence-corrected chi connectivity index (χ0v) is 53.6. The topological polar surface area (TPSA) is 497 Å². The van der Waals surface area contributed by atoms with Gasteiger partial charge in [0.25, 0.3) is 0 Å². The van der Waals surface area contributed by atoms with Crippen molar-refractivity contribution in [2.24, 2.45) is 33.8 Å². The van der Waals surface area contributed by atoms with Crippen molar-refractivity contribution < 1.29 is 62.6 Å². The number of carboxylic acid groups (broad SMARTS) is 1. The van der Waals surface area contributed by atoms with Crippen LogP contribution < -0.4 is 70.8 Å². The SMILES string of the molecule is CCCC[C@H](NC(C)=O)C(=O)N[C@@H](CCC(=O)O)C(=O)N[C@@H](Cc1cnc[nH]1)C(=O)N[C@H](Cc1ccccc1)C(=O)N[C@@H](CCCN=C(N)N)C(=O)N[C@@H](Cc1c[nH]c2ccccc12)C(=O)N[C@@H](CCCCN)C(=O)NCC(=O)N1CCC[C@H]1C(=O)N[C@H](C(N)=O)C(C)C. The second-order valence-corrected chi connectivity index (χ2v) is 23.6. The van der Waals surface area contributed by atoms with E-state index < -0.39 is 145 Å². The first-order chi connectivity index (χ1) is 44.9. The van der Waals surface area contributed by atoms with Gasteiger partial charge in [-0.1, -0.05) is 82.1 Å². The van der Waals surface area contributed by atoms with Crippen LogP contribution in [-0.2, 0) is 76.8 Å². The fraction of sp³-hybridized carbons (Fsp3) is 0.524. The first-order valence-corrected chi connectivity index (χ1v) is 31.7. The first-order valence-electron chi connectivity index (χ1n) is 31.7. The number of nitrogens with one attached hydrogen (secondary N) is 11. The van der Waals surface area contributed by atoms with Gasteiger partial charge in [-0.15, -0.1) is 0 Å². The number of benzene rings is 2. The number of aliphatic carboxylic acids is 1. The maximum atomic E-state index is 15.0. The van der Waals surface area contributed by atoms with Crippen LogP contribution in [0.1, 0.15) is 122 Å². The van der Waals surface area contributed by atoms with Gasteiger partial charge in [0.1, 0.15) is 54.4 Å². The minimum absolute atomic E-state index is 0.0114. The molecular weight excluding hydrogens is 1220 g/mol. The van der Waals surface area contributed by atoms with Gasteiger partial charge in [-0.3, -0.25) is 62.5 Å². The van der Waals surface area contributed by atoms with Gasteiger partial charge in [-0.25, -0.2) is 4.98 Å². The number of primary amides is 1. The maximum absolute atomic E-state index is 15.0. The number of imidazole rings is 1. The van der Waals surface area contributed by atoms with Crippen LogP contribution >= 0.6 is 0 Å². The lowest BCUT2D eigenvalue weighted by Gasteiger charge is -2.28. The van der Waals surface area contributed by atoms with Crippen LogP contribution in [0.15, 0.2) is 78.3 Å². The summed E-state index contributed by atoms with van der Waals surface area (Å²) in [5.41, 5.74) is 24.9. The van der Waals surface area contributed by atoms with Crippen LogP contribution in [0.3, 0.4) is 0 Å². The average molecular weight is 1310 g/mol. The quantitative estimate of drug-likeness (QED) is 0.0134. The predicted octanol–water partition coefficient (Wildman–Crippen LogP) is -1.70. The molecule has 0 bridgehead atoms. The molecule has 0 spiro atoms. The Kier molecular flexibility index (Phi) is 30.4. The molecule has 0 aliphatic carbocycles. The number of carboxylic acids is 1. The number of amides is 11. The molecule has 512 valence electrons. The molecule has 0 radical (unpaired) electrons. The van der Waals surface area contributed by atoms with E-state index in [0.717, 1.165) is 0 Å². The predicted molar refractivity (Wildman–Crippen MR) is 347 cm³/mol. The third-order valence-electron chi connectivity index (χ3n) is 15.8. The summed E-state index contributed by atoms with van der Waals surface area (Å²) in [6, 6.07) is 3.96. The number of hydrogen-bond donors (Lipinski definition) is 16. The smallest absolute Gasteiger partial charge is 0.303 e. The molecule has 1 aliphatic heterocycles. The first kappa shape index (κ1) is 74.8. The highest BCUT2D eigenvalue weighted by Crippen LogP contribution is 2.21. The van der Waals surface area contributed by atoms with E-state index in [-0.39, 0.29) is 76.5 Å². The molecule has 0 saturated carbocycles. The number of aromatic amines is 2. The van der Waals surface area contributed by atoms with Crippen molar-refractivity contribution in [3.8, 4) is 0 Å². The number of H-pyrrole nitrogens is 2. The molecular formula is C63H92N18O13. The van der Waals surface area contributed by atoms with Gasteiger partial charge in [-0.05, 0) is 87.4 Å². The third-order valence-corrected chi connectivity index (χ3v) is 15.8. The number of guanidine groups is 1. The van der Waals surface area contributed by atoms with E-state index in [1.54, 1.807) is 62.5 Å². The molecule has 2 aromatic carbocycles. The highest BCUT2D eigenvalue weighted by Gasteiger charge is 2.38. The van der Waals surface area contributed by atoms with Crippen molar-refractivity contribution in [2.45, 2.75) is 178 Å². The Bertz CT molecular complexity index is 3250. The van der Waals surface area contributed by atoms with E-state index in [2.05, 4.69) is 67.8 Å². The van der Waals surface area contributed by atoms with Gasteiger partial charge in [-0.2, -0.15) is 0 Å². The molecule has 5 rings (SSSR count). The number of hydrogen-bond acceptors (Lipinski definition) is 15. The van der Waals surface area contributed by atoms with Crippen LogP contribution in [0.2, 0.25) is 0 Å². The van der Waals surface area contributed by atoms with Gasteiger partial charge in [0, 0.05) is 74.7 Å². The largest absolute Gasteiger partial charge is 0.481 e. The molecule has 94 heavy (non-hydrogen) atoms. The lowest BCUT2D eigenvalue weighted by atomic mass is 10.0. The molecule has 31 nitrogen and oxygen atoms in total. The molecule has 1 aliphatic rings. The number of carbonyl (C=O) groups is 12. The number of nitrogens with zero attached hydrogens (tertiary/aromatic N) is 3. The highest BCUT2D eigenvalue weighted by molar-refractivity contribution is 5.99. The lowest BCUT2D eigenvalue weighted by molar-refractivity contribution is -0.140. The molecule has 0 unspecified atom stereocenters. The molecule has 1 fully saturated rings. The van der Waals surface area contributed by atoms with E-state index in [0.29, 0.717) is 66.2 Å². The minimum atomic E-state index is -1.53. The Morgan fingerprint density at radius 1 is 0.649 bits per heavy atom. The van der Waals surface area contributed by atoms with Gasteiger partial charge in [0.2, 0.25) is 65.0 Å². The summed E-state index contributed by atoms with van der Waals surface area (Å²) in [5.74, 6) is -10.3. The fourth-order valence-corrected chi connectivity index (χ4v) is 10.8. The van der Waals surface area contributed by atoms with Gasteiger partial charge >= 0.3 is 5.97 Å². The number of nitrogens with two attached hydrogens (primary N) is 4. The Balaban J connectivity index is 1.45. The van der Waals surface area contributed by atoms with Crippen LogP contribution in [0.4, 0.5) is 0 Å². The van der Waals surface area contributed by atoms with Gasteiger partial charge in [0.05, 0.1) is 12.9 Å². The molecule has 2 aromatic heterocycles. The molecule has 31 heteroatoms. The zero-order chi connectivity index (χ0) is 68.9. The molecule has 9 atom stereocenters. The van der Waals surface area contributed by atoms with Crippen molar-refractivity contribution in [1.82, 2.24) is 67.7 Å². The number of carbonyl (C=O) groups excluding carboxylic acids is 11. The normalized spacial score (nSPS) is 15.3. The minimum Gasteiger partial charge on any atom is -0.481 e. The summed E-state index contributed by atoms with van der Waals surface area (Å²) < 4.78 is 0. The number of aromatic nitrogens is 3. The van der Waals surface area contributed by atoms with Crippen molar-refractivity contribution in [2.75, 3.05) is 26.2 Å². The van der Waals surface area contributed by atoms with Crippen LogP contribution in [-0.4, -0.2) is 182 Å². The van der Waals surface area contributed by atoms with Gasteiger partial charge in [0.15, 0.2) is 5.96 Å². The van der Waals surface area contributed by atoms with E-state index >= 15 is 4.79 Å². The Morgan fingerprint density at radius 3 is 1.78 bits per heavy atom. The summed E-state index contributed by atoms with van der Waals surface area (Å²) in [5, 5.41) is 34.4. The summed E-state index contributed by atoms with van der Waals surface area (Å²) in [6.07, 6.45) is 5.74. The summed E-state index contributed by atoms with van der Waals surface area (Å²) in [7, 11) is 0. The van der Waals surface area contributed by atoms with E-state index in [1.165, 1.54) is 24.3 Å². The molecule has 11 amide bonds. The maximum Gasteiger partial charge on any atom is 0.303 e. The average Bonchev–Trinajstić information content (AvgIpc) is 1.67. The van der Waals surface area contributed by atoms with Gasteiger partial charge < -0.3 is 90.8 Å². The summed E-state index contributed by atoms with van der Waals surface area (Å²) in [6.45, 7) is 6.40. The lowest BCUT2D eigenvalue weighted by Crippen LogP contribution is -2.61. The van der Waals surface area contributed by atoms with Crippen LogP contribution in [0.5, 0.6) is 0 Å². The van der Waals surface area contributed by atoms with Crippen LogP contribution in [0.25, 0.3) is 10.9 Å². The van der Waals surface area contributed by atoms with Crippen molar-refractivity contribution in [3.63, 3.8) is 0 Å². The number of rotatable bonds is 40. The molecule has 4 aromatic rings. The molecule has 20 N–H and O–H groups in total. The fourth-order valence-electron chi connectivity index (χ4n) is 10.8. The van der Waals surface area contributed by atoms with E-state index in [1.807, 2.05) is 19.1 Å². The second kappa shape index (κ2) is 38.2. The number of fused-ring (bicyclic) bond motifs is 1.